The topological polar surface area (TPSA) is 168 Å². The molecule has 0 aliphatic carbocycles. The lowest BCUT2D eigenvalue weighted by molar-refractivity contribution is 0.0991. The molecule has 0 radical (unpaired) electrons. The third-order valence-electron chi connectivity index (χ3n) is 4.40. The van der Waals surface area contributed by atoms with Crippen LogP contribution in [0.15, 0.2) is 39.8 Å². The Balaban J connectivity index is 1.54. The maximum Gasteiger partial charge on any atom is 0.381 e. The van der Waals surface area contributed by atoms with Crippen LogP contribution in [0.3, 0.4) is 0 Å². The summed E-state index contributed by atoms with van der Waals surface area (Å²) in [6, 6.07) is 4.67. The molecule has 14 nitrogen and oxygen atoms in total. The van der Waals surface area contributed by atoms with Gasteiger partial charge in [-0.15, -0.1) is 10.2 Å². The molecule has 35 heavy (non-hydrogen) atoms. The van der Waals surface area contributed by atoms with E-state index < -0.39 is 11.5 Å². The van der Waals surface area contributed by atoms with Crippen molar-refractivity contribution in [3.05, 3.63) is 52.5 Å². The number of amides is 1. The number of aryl methyl sites for hydroxylation is 1. The summed E-state index contributed by atoms with van der Waals surface area (Å²) in [6.07, 6.45) is 3.10. The van der Waals surface area contributed by atoms with Gasteiger partial charge < -0.3 is 23.9 Å². The first-order chi connectivity index (χ1) is 17.0. The van der Waals surface area contributed by atoms with Gasteiger partial charge in [-0.1, -0.05) is 11.3 Å². The van der Waals surface area contributed by atoms with Crippen LogP contribution in [0.5, 0.6) is 11.6 Å². The number of ether oxygens (including phenoxy) is 3. The summed E-state index contributed by atoms with van der Waals surface area (Å²) in [4.78, 5) is 33.5. The summed E-state index contributed by atoms with van der Waals surface area (Å²) in [7, 11) is 2.85. The smallest absolute Gasteiger partial charge is 0.381 e. The van der Waals surface area contributed by atoms with Gasteiger partial charge in [-0.2, -0.15) is 10.1 Å². The fourth-order valence-corrected chi connectivity index (χ4v) is 3.55. The number of nitrogens with zero attached hydrogens (tertiary/aromatic N) is 6. The highest BCUT2D eigenvalue weighted by Gasteiger charge is 2.20. The first-order valence-corrected chi connectivity index (χ1v) is 10.9. The maximum atomic E-state index is 12.8. The normalized spacial score (nSPS) is 10.7. The molecule has 0 saturated carbocycles. The van der Waals surface area contributed by atoms with E-state index in [0.29, 0.717) is 24.2 Å². The minimum Gasteiger partial charge on any atom is -0.488 e. The molecule has 15 heteroatoms. The van der Waals surface area contributed by atoms with Gasteiger partial charge in [0, 0.05) is 37.3 Å². The summed E-state index contributed by atoms with van der Waals surface area (Å²) in [5.41, 5.74) is 0.0969. The maximum absolute atomic E-state index is 12.8. The van der Waals surface area contributed by atoms with E-state index in [1.807, 2.05) is 13.0 Å². The molecule has 0 bridgehead atoms. The van der Waals surface area contributed by atoms with E-state index in [9.17, 15) is 9.59 Å². The van der Waals surface area contributed by atoms with Gasteiger partial charge in [-0.25, -0.2) is 14.5 Å². The SMILES string of the molecule is COCCOc1ccnc(Nc2cc(C(=O)Nc3nnc(-n4nccc4C)s3)oc(=O)c2OC)n1. The lowest BCUT2D eigenvalue weighted by atomic mass is 10.3. The molecule has 182 valence electrons. The van der Waals surface area contributed by atoms with E-state index in [1.54, 1.807) is 24.1 Å². The third-order valence-corrected chi connectivity index (χ3v) is 5.21. The predicted molar refractivity (Wildman–Crippen MR) is 124 cm³/mol. The Morgan fingerprint density at radius 1 is 1.20 bits per heavy atom. The number of hydrogen-bond acceptors (Lipinski definition) is 13. The molecule has 2 N–H and O–H groups in total. The number of aromatic nitrogens is 6. The molecule has 4 rings (SSSR count). The van der Waals surface area contributed by atoms with E-state index in [-0.39, 0.29) is 28.3 Å². The van der Waals surface area contributed by atoms with Crippen LogP contribution >= 0.6 is 11.3 Å². The van der Waals surface area contributed by atoms with Crippen molar-refractivity contribution in [1.82, 2.24) is 29.9 Å². The van der Waals surface area contributed by atoms with Crippen LogP contribution < -0.4 is 25.7 Å². The number of hydrogen-bond donors (Lipinski definition) is 2. The van der Waals surface area contributed by atoms with E-state index >= 15 is 0 Å². The van der Waals surface area contributed by atoms with Crippen LogP contribution in [0.1, 0.15) is 16.2 Å². The summed E-state index contributed by atoms with van der Waals surface area (Å²) in [6.45, 7) is 2.54. The van der Waals surface area contributed by atoms with Crippen molar-refractivity contribution in [3.8, 4) is 16.8 Å². The number of carbonyl (C=O) groups excluding carboxylic acids is 1. The molecule has 0 spiro atoms. The second kappa shape index (κ2) is 10.7. The number of nitrogens with one attached hydrogen (secondary N) is 2. The molecule has 0 aliphatic heterocycles. The third kappa shape index (κ3) is 5.59. The molecule has 4 aromatic rings. The lowest BCUT2D eigenvalue weighted by Gasteiger charge is -2.11. The molecular formula is C20H20N8O6S. The molecule has 0 saturated heterocycles. The zero-order valence-electron chi connectivity index (χ0n) is 18.8. The van der Waals surface area contributed by atoms with Gasteiger partial charge in [0.05, 0.1) is 19.4 Å². The fraction of sp³-hybridized carbons (Fsp3) is 0.250. The molecule has 4 heterocycles. The van der Waals surface area contributed by atoms with Gasteiger partial charge in [-0.3, -0.25) is 10.1 Å². The van der Waals surface area contributed by atoms with Crippen molar-refractivity contribution < 1.29 is 23.4 Å². The Hall–Kier alpha value is -4.37. The number of rotatable bonds is 10. The van der Waals surface area contributed by atoms with Crippen molar-refractivity contribution >= 4 is 34.0 Å². The Labute approximate surface area is 201 Å². The van der Waals surface area contributed by atoms with E-state index in [1.165, 1.54) is 19.4 Å². The molecule has 0 aliphatic rings. The highest BCUT2D eigenvalue weighted by molar-refractivity contribution is 7.17. The van der Waals surface area contributed by atoms with Gasteiger partial charge in [0.2, 0.25) is 27.8 Å². The number of carbonyl (C=O) groups is 1. The summed E-state index contributed by atoms with van der Waals surface area (Å²) < 4.78 is 22.2. The second-order valence-corrected chi connectivity index (χ2v) is 7.71. The van der Waals surface area contributed by atoms with Crippen LogP contribution in [0.4, 0.5) is 16.8 Å². The Morgan fingerprint density at radius 3 is 2.80 bits per heavy atom. The van der Waals surface area contributed by atoms with E-state index in [0.717, 1.165) is 17.0 Å². The molecule has 0 unspecified atom stereocenters. The Bertz CT molecular complexity index is 1380. The van der Waals surface area contributed by atoms with Crippen LogP contribution in [0.25, 0.3) is 5.13 Å². The highest BCUT2D eigenvalue weighted by Crippen LogP contribution is 2.26. The van der Waals surface area contributed by atoms with Crippen molar-refractivity contribution in [2.45, 2.75) is 6.92 Å². The predicted octanol–water partition coefficient (Wildman–Crippen LogP) is 1.81. The molecule has 0 atom stereocenters. The Kier molecular flexibility index (Phi) is 7.27. The molecule has 1 amide bonds. The minimum atomic E-state index is -0.875. The monoisotopic (exact) mass is 500 g/mol. The lowest BCUT2D eigenvalue weighted by Crippen LogP contribution is -2.17. The standard InChI is InChI=1S/C20H20N8O6S/c1-11-4-7-22-28(11)20-27-26-19(35-20)25-16(29)13-10-12(15(32-3)17(30)34-13)23-18-21-6-5-14(24-18)33-9-8-31-2/h4-7,10H,8-9H2,1-3H3,(H,21,23,24)(H,25,26,29). The van der Waals surface area contributed by atoms with Crippen molar-refractivity contribution in [1.29, 1.82) is 0 Å². The minimum absolute atomic E-state index is 0.110. The summed E-state index contributed by atoms with van der Waals surface area (Å²) in [5.74, 6) is -0.774. The quantitative estimate of drug-likeness (QED) is 0.303. The average Bonchev–Trinajstić information content (AvgIpc) is 3.48. The van der Waals surface area contributed by atoms with Crippen molar-refractivity contribution in [3.63, 3.8) is 0 Å². The van der Waals surface area contributed by atoms with Crippen LogP contribution in [-0.4, -0.2) is 63.3 Å². The van der Waals surface area contributed by atoms with Crippen LogP contribution in [-0.2, 0) is 4.74 Å². The van der Waals surface area contributed by atoms with Gasteiger partial charge in [-0.05, 0) is 13.0 Å². The largest absolute Gasteiger partial charge is 0.488 e. The van der Waals surface area contributed by atoms with E-state index in [2.05, 4.69) is 35.9 Å². The summed E-state index contributed by atoms with van der Waals surface area (Å²) in [5, 5.41) is 18.2. The molecule has 0 fully saturated rings. The van der Waals surface area contributed by atoms with Gasteiger partial charge in [0.15, 0.2) is 5.76 Å². The van der Waals surface area contributed by atoms with Crippen molar-refractivity contribution in [2.75, 3.05) is 38.1 Å². The average molecular weight is 500 g/mol. The fourth-order valence-electron chi connectivity index (χ4n) is 2.79. The second-order valence-electron chi connectivity index (χ2n) is 6.76. The number of anilines is 3. The first kappa shape index (κ1) is 23.8. The zero-order chi connectivity index (χ0) is 24.8. The highest BCUT2D eigenvalue weighted by atomic mass is 32.1. The number of methoxy groups -OCH3 is 2. The van der Waals surface area contributed by atoms with Crippen molar-refractivity contribution in [2.24, 2.45) is 0 Å². The van der Waals surface area contributed by atoms with Gasteiger partial charge >= 0.3 is 5.63 Å². The van der Waals surface area contributed by atoms with Crippen LogP contribution in [0, 0.1) is 6.92 Å². The molecule has 4 aromatic heterocycles. The van der Waals surface area contributed by atoms with Gasteiger partial charge in [0.25, 0.3) is 5.91 Å². The zero-order valence-corrected chi connectivity index (χ0v) is 19.7. The summed E-state index contributed by atoms with van der Waals surface area (Å²) >= 11 is 1.10. The van der Waals surface area contributed by atoms with E-state index in [4.69, 9.17) is 18.6 Å². The van der Waals surface area contributed by atoms with Crippen LogP contribution in [0.2, 0.25) is 0 Å². The molecule has 0 aromatic carbocycles. The first-order valence-electron chi connectivity index (χ1n) is 10.1. The Morgan fingerprint density at radius 2 is 2.06 bits per heavy atom. The van der Waals surface area contributed by atoms with Gasteiger partial charge in [0.1, 0.15) is 6.61 Å². The molecular weight excluding hydrogens is 480 g/mol.